The molecule has 6 aliphatic rings. The quantitative estimate of drug-likeness (QED) is 0.0523. The Kier molecular flexibility index (Phi) is 25.4. The maximum Gasteiger partial charge on any atom is 0.318 e. The third-order valence-corrected chi connectivity index (χ3v) is 18.8. The van der Waals surface area contributed by atoms with E-state index in [0.717, 1.165) is 42.1 Å². The maximum atomic E-state index is 16.0. The van der Waals surface area contributed by atoms with Crippen molar-refractivity contribution in [2.75, 3.05) is 56.2 Å². The molecule has 3 amide bonds. The molecule has 1 aliphatic carbocycles. The van der Waals surface area contributed by atoms with Crippen LogP contribution in [-0.4, -0.2) is 136 Å². The molecule has 6 unspecified atom stereocenters. The fraction of sp³-hybridized carbons (Fsp3) is 0.614. The number of fused-ring (bicyclic) bond motifs is 3. The van der Waals surface area contributed by atoms with Gasteiger partial charge in [-0.15, -0.1) is 0 Å². The van der Waals surface area contributed by atoms with Gasteiger partial charge in [0, 0.05) is 74.6 Å². The van der Waals surface area contributed by atoms with Crippen LogP contribution in [-0.2, 0) is 30.3 Å². The zero-order valence-electron chi connectivity index (χ0n) is 54.4. The fourth-order valence-corrected chi connectivity index (χ4v) is 14.3. The Labute approximate surface area is 521 Å². The number of benzene rings is 3. The van der Waals surface area contributed by atoms with Gasteiger partial charge >= 0.3 is 6.01 Å². The largest absolute Gasteiger partial charge is 0.508 e. The van der Waals surface area contributed by atoms with Crippen LogP contribution in [0, 0.1) is 29.9 Å². The fourth-order valence-electron chi connectivity index (χ4n) is 14.3. The number of anilines is 2. The van der Waals surface area contributed by atoms with Crippen molar-refractivity contribution in [1.29, 1.82) is 0 Å². The van der Waals surface area contributed by atoms with Crippen molar-refractivity contribution in [2.45, 2.75) is 221 Å². The van der Waals surface area contributed by atoms with E-state index in [-0.39, 0.29) is 52.7 Å². The lowest BCUT2D eigenvalue weighted by Crippen LogP contribution is -2.64. The summed E-state index contributed by atoms with van der Waals surface area (Å²) in [6.07, 6.45) is 18.8. The number of ether oxygens (including phenoxy) is 2. The number of aliphatic hydroxyl groups is 1. The molecule has 0 bridgehead atoms. The van der Waals surface area contributed by atoms with Gasteiger partial charge in [0.15, 0.2) is 5.82 Å². The zero-order valence-corrected chi connectivity index (χ0v) is 54.4. The van der Waals surface area contributed by atoms with Crippen LogP contribution < -0.4 is 19.9 Å². The molecule has 0 radical (unpaired) electrons. The van der Waals surface area contributed by atoms with Crippen LogP contribution >= 0.6 is 0 Å². The molecule has 1 saturated carbocycles. The number of aliphatic hydroxyl groups excluding tert-OH is 1. The first-order valence-electron chi connectivity index (χ1n) is 33.1. The number of carbonyl (C=O) groups is 4. The van der Waals surface area contributed by atoms with Gasteiger partial charge in [0.2, 0.25) is 17.7 Å². The first kappa shape index (κ1) is 69.1. The second-order valence-electron chi connectivity index (χ2n) is 24.7. The number of phenolic OH excluding ortho intramolecular Hbond substituents is 1. The standard InChI is InChI=1S/C32H49N3O3.C25H24F2N4O3.C9H15NO2.2C2H6/c1-6-9-26(13-11-22(4)8-3)34-20-32(21-34)18-25(19-32)24-12-14-27(23(5)17-24)35(30(37)10-7-2)28-15-16-29(36)33-31(28)38;1-3-16-19(26)7-6-13-9-15(33)10-17(20(13)16)22-21(27)23-18(11-28-22)24(30-25(29-23)34-2)31-8-4-5-14(32)12-31;11-7-12-6-9-4-3-8-2-1-5-10(8)9;2*1-2/h12,14,17,22,25-26,28H,6-11,13,15-16,18-21H2,1-5H3,(H,33,36,38);6-7,9-11,14,32-33H,3-5,8,12H2,1-2H3;7-9H,1-6H2;2*1-2H3. The summed E-state index contributed by atoms with van der Waals surface area (Å²) in [4.78, 5) is 69.3. The second-order valence-corrected chi connectivity index (χ2v) is 24.7. The lowest BCUT2D eigenvalue weighted by atomic mass is 9.55. The van der Waals surface area contributed by atoms with Crippen molar-refractivity contribution in [3.05, 3.63) is 77.0 Å². The van der Waals surface area contributed by atoms with Crippen LogP contribution in [0.3, 0.4) is 0 Å². The number of β-amino-alcohol motifs (C(OH)–C–C–N with tert-alkyl or cyclic N) is 1. The molecule has 6 atom stereocenters. The van der Waals surface area contributed by atoms with Gasteiger partial charge in [-0.3, -0.25) is 44.2 Å². The summed E-state index contributed by atoms with van der Waals surface area (Å²) in [7, 11) is 1.40. The number of halogens is 2. The summed E-state index contributed by atoms with van der Waals surface area (Å²) >= 11 is 0. The zero-order chi connectivity index (χ0) is 63.8. The number of rotatable bonds is 19. The highest BCUT2D eigenvalue weighted by atomic mass is 19.1. The number of likely N-dealkylation sites (tertiary alicyclic amines) is 1. The average Bonchev–Trinajstić information content (AvgIpc) is 1.63. The van der Waals surface area contributed by atoms with Gasteiger partial charge in [0.1, 0.15) is 41.2 Å². The van der Waals surface area contributed by atoms with Gasteiger partial charge in [0.25, 0.3) is 6.47 Å². The highest BCUT2D eigenvalue weighted by Crippen LogP contribution is 2.57. The minimum Gasteiger partial charge on any atom is -0.508 e. The molecular formula is C70H100F2N8O8. The number of aromatic hydroxyl groups is 1. The Morgan fingerprint density at radius 1 is 0.920 bits per heavy atom. The predicted molar refractivity (Wildman–Crippen MR) is 346 cm³/mol. The number of hydrogen-bond acceptors (Lipinski definition) is 14. The molecule has 11 rings (SSSR count). The van der Waals surface area contributed by atoms with E-state index in [1.165, 1.54) is 127 Å². The van der Waals surface area contributed by atoms with E-state index in [1.807, 2.05) is 59.4 Å². The summed E-state index contributed by atoms with van der Waals surface area (Å²) in [5.41, 5.74) is 4.31. The van der Waals surface area contributed by atoms with E-state index in [2.05, 4.69) is 63.0 Å². The molecule has 18 heteroatoms. The monoisotopic (exact) mass is 1220 g/mol. The van der Waals surface area contributed by atoms with Crippen molar-refractivity contribution in [3.8, 4) is 23.0 Å². The molecule has 6 fully saturated rings. The number of carbonyl (C=O) groups excluding carboxylic acids is 4. The minimum absolute atomic E-state index is 0.00198. The molecule has 2 aromatic heterocycles. The van der Waals surface area contributed by atoms with Gasteiger partial charge in [0.05, 0.1) is 18.6 Å². The molecule has 1 spiro atoms. The molecule has 5 saturated heterocycles. The predicted octanol–water partition coefficient (Wildman–Crippen LogP) is 13.3. The number of aromatic nitrogens is 3. The lowest BCUT2D eigenvalue weighted by Gasteiger charge is -2.61. The van der Waals surface area contributed by atoms with E-state index < -0.39 is 23.8 Å². The van der Waals surface area contributed by atoms with Crippen LogP contribution in [0.4, 0.5) is 20.3 Å². The summed E-state index contributed by atoms with van der Waals surface area (Å²) in [5.74, 6) is -0.0583. The number of aryl methyl sites for hydroxylation is 2. The Morgan fingerprint density at radius 3 is 2.33 bits per heavy atom. The van der Waals surface area contributed by atoms with Crippen molar-refractivity contribution < 1.29 is 47.6 Å². The van der Waals surface area contributed by atoms with Gasteiger partial charge in [-0.1, -0.05) is 93.4 Å². The van der Waals surface area contributed by atoms with Gasteiger partial charge in [-0.2, -0.15) is 9.97 Å². The SMILES string of the molecule is CC.CC.CCCC(=O)N(c1ccc(C2CC3(C2)CN(C(CCC)CCC(C)CC)C3)cc1C)C1CCC(=O)NC1=O.CCc1c(F)ccc2cc(O)cc(-c3ncc4c(N5CCCC(O)C5)nc(OC)nc4c3F)c12.O=COCC1CCC2CCCN21. The Hall–Kier alpha value is -6.37. The highest BCUT2D eigenvalue weighted by molar-refractivity contribution is 6.07. The molecule has 482 valence electrons. The second kappa shape index (κ2) is 32.4. The van der Waals surface area contributed by atoms with E-state index in [9.17, 15) is 33.8 Å². The lowest BCUT2D eigenvalue weighted by molar-refractivity contribution is -0.136. The molecular weight excluding hydrogens is 1120 g/mol. The number of pyridine rings is 1. The van der Waals surface area contributed by atoms with Crippen LogP contribution in [0.2, 0.25) is 0 Å². The van der Waals surface area contributed by atoms with E-state index in [4.69, 9.17) is 9.47 Å². The average molecular weight is 1220 g/mol. The number of nitrogens with one attached hydrogen (secondary N) is 1. The van der Waals surface area contributed by atoms with Crippen molar-refractivity contribution >= 4 is 57.4 Å². The Morgan fingerprint density at radius 2 is 1.67 bits per heavy atom. The normalized spacial score (nSPS) is 21.1. The summed E-state index contributed by atoms with van der Waals surface area (Å²) in [6, 6.07) is 13.6. The van der Waals surface area contributed by atoms with Crippen molar-refractivity contribution in [3.63, 3.8) is 0 Å². The van der Waals surface area contributed by atoms with Gasteiger partial charge in [-0.25, -0.2) is 8.78 Å². The highest BCUT2D eigenvalue weighted by Gasteiger charge is 2.53. The topological polar surface area (TPSA) is 191 Å². The molecule has 3 N–H and O–H groups in total. The van der Waals surface area contributed by atoms with E-state index >= 15 is 4.39 Å². The minimum atomic E-state index is -0.727. The number of piperidine rings is 2. The maximum absolute atomic E-state index is 16.0. The molecule has 5 aromatic rings. The number of nitrogens with zero attached hydrogens (tertiary/aromatic N) is 7. The van der Waals surface area contributed by atoms with Gasteiger partial charge < -0.3 is 24.6 Å². The molecule has 88 heavy (non-hydrogen) atoms. The Bertz CT molecular complexity index is 3150. The molecule has 3 aromatic carbocycles. The summed E-state index contributed by atoms with van der Waals surface area (Å²) in [5, 5.41) is 24.3. The van der Waals surface area contributed by atoms with Crippen LogP contribution in [0.1, 0.15) is 194 Å². The van der Waals surface area contributed by atoms with Crippen LogP contribution in [0.25, 0.3) is 32.9 Å². The number of imide groups is 1. The van der Waals surface area contributed by atoms with E-state index in [0.29, 0.717) is 96.8 Å². The molecule has 5 aliphatic heterocycles. The number of hydrogen-bond donors (Lipinski definition) is 3. The number of phenols is 1. The smallest absolute Gasteiger partial charge is 0.318 e. The van der Waals surface area contributed by atoms with Crippen LogP contribution in [0.5, 0.6) is 11.8 Å². The number of methoxy groups -OCH3 is 1. The van der Waals surface area contributed by atoms with Crippen molar-refractivity contribution in [2.24, 2.45) is 11.3 Å². The summed E-state index contributed by atoms with van der Waals surface area (Å²) in [6.45, 7) is 26.7. The third-order valence-electron chi connectivity index (χ3n) is 18.8. The Balaban J connectivity index is 0.000000202. The van der Waals surface area contributed by atoms with Crippen LogP contribution in [0.15, 0.2) is 48.7 Å². The first-order valence-corrected chi connectivity index (χ1v) is 33.1. The molecule has 16 nitrogen and oxygen atoms in total. The van der Waals surface area contributed by atoms with Gasteiger partial charge in [-0.05, 0) is 172 Å². The third kappa shape index (κ3) is 16.0. The van der Waals surface area contributed by atoms with Crippen molar-refractivity contribution in [1.82, 2.24) is 30.1 Å². The first-order chi connectivity index (χ1) is 42.5. The van der Waals surface area contributed by atoms with E-state index in [1.54, 1.807) is 11.0 Å². The molecule has 7 heterocycles. The number of amides is 3. The summed E-state index contributed by atoms with van der Waals surface area (Å²) < 4.78 is 40.7.